The van der Waals surface area contributed by atoms with Gasteiger partial charge < -0.3 is 140 Å². The SMILES string of the molecule is CC(=O)N[C@H]1[C@H](O[C@@H]2[C@H](O[C@]3(C(=O)O)C[C@H](O)[C@@H](NC(C)=O)[C@H]([C@H](O)[C@H](O)CO)O3)[C@@H](O)[C@H](O[C@@H]([C@H](O)[C@@H](O)CO)[C@H](O)CO)O[C@@H]2CO)O[C@H](CO)[C@H](O)[C@@H]1O[C@@H]1O[C@H](CO)[C@H](O)[C@H](O)[C@H]1O. The van der Waals surface area contributed by atoms with Gasteiger partial charge in [0, 0.05) is 20.3 Å². The Balaban J connectivity index is 1.88. The zero-order valence-corrected chi connectivity index (χ0v) is 36.3. The predicted octanol–water partition coefficient (Wildman–Crippen LogP) is -12.8. The summed E-state index contributed by atoms with van der Waals surface area (Å²) in [5, 5.41) is 194. The maximum absolute atomic E-state index is 13.4. The van der Waals surface area contributed by atoms with Crippen LogP contribution in [0.2, 0.25) is 0 Å². The van der Waals surface area contributed by atoms with E-state index in [1.165, 1.54) is 0 Å². The van der Waals surface area contributed by atoms with Gasteiger partial charge in [-0.2, -0.15) is 0 Å². The highest BCUT2D eigenvalue weighted by Crippen LogP contribution is 2.40. The van der Waals surface area contributed by atoms with E-state index in [-0.39, 0.29) is 0 Å². The molecule has 4 saturated heterocycles. The van der Waals surface area contributed by atoms with Crippen LogP contribution in [0.3, 0.4) is 0 Å². The van der Waals surface area contributed by atoms with E-state index < -0.39 is 217 Å². The molecule has 0 aliphatic carbocycles. The summed E-state index contributed by atoms with van der Waals surface area (Å²) in [7, 11) is 0. The van der Waals surface area contributed by atoms with Crippen molar-refractivity contribution in [3.8, 4) is 0 Å². The molecule has 31 heteroatoms. The molecule has 25 atom stereocenters. The Morgan fingerprint density at radius 2 is 1.12 bits per heavy atom. The second-order valence-corrected chi connectivity index (χ2v) is 16.6. The van der Waals surface area contributed by atoms with Crippen LogP contribution < -0.4 is 10.6 Å². The van der Waals surface area contributed by atoms with E-state index in [2.05, 4.69) is 10.6 Å². The van der Waals surface area contributed by atoms with Crippen molar-refractivity contribution >= 4 is 17.8 Å². The van der Waals surface area contributed by atoms with E-state index in [0.717, 1.165) is 13.8 Å². The monoisotopic (exact) mass is 1000 g/mol. The number of aliphatic hydroxyl groups is 17. The minimum Gasteiger partial charge on any atom is -0.477 e. The fourth-order valence-electron chi connectivity index (χ4n) is 8.13. The molecule has 0 aromatic carbocycles. The Labute approximate surface area is 385 Å². The van der Waals surface area contributed by atoms with Crippen molar-refractivity contribution in [3.05, 3.63) is 0 Å². The van der Waals surface area contributed by atoms with Crippen LogP contribution in [0.25, 0.3) is 0 Å². The lowest BCUT2D eigenvalue weighted by Crippen LogP contribution is -2.72. The van der Waals surface area contributed by atoms with E-state index in [9.17, 15) is 106 Å². The van der Waals surface area contributed by atoms with E-state index in [0.29, 0.717) is 0 Å². The quantitative estimate of drug-likeness (QED) is 0.0479. The average Bonchev–Trinajstić information content (AvgIpc) is 3.30. The van der Waals surface area contributed by atoms with Gasteiger partial charge in [0.05, 0.1) is 51.8 Å². The second kappa shape index (κ2) is 25.2. The number of nitrogens with one attached hydrogen (secondary N) is 2. The third kappa shape index (κ3) is 12.9. The molecule has 4 aliphatic rings. The molecule has 0 unspecified atom stereocenters. The Morgan fingerprint density at radius 3 is 1.65 bits per heavy atom. The highest BCUT2D eigenvalue weighted by molar-refractivity contribution is 5.76. The highest BCUT2D eigenvalue weighted by atomic mass is 16.8. The summed E-state index contributed by atoms with van der Waals surface area (Å²) < 4.78 is 46.1. The van der Waals surface area contributed by atoms with Crippen LogP contribution in [0.4, 0.5) is 0 Å². The standard InChI is InChI=1S/C37H64N2O29/c1-10(46)38-19-12(48)3-37(36(59)60,67-31(19)22(53)14(50)5-41)68-32-27(58)35(64-28(15(51)6-42)21(52)13(49)4-40)63-18(9-45)29(32)65-33-20(39-11(2)47)30(24(55)17(8-44)61-33)66-34-26(57)25(56)23(54)16(7-43)62-34/h12-35,40-45,48-58H,3-9H2,1-2H3,(H,38,46)(H,39,47)(H,59,60)/t12-,13-,14+,15+,16+,17+,18+,19+,20+,21+,22+,23-,24-,25-,26+,27+,28+,29-,30+,31+,32+,33-,34-,35-,37-/m0/s1. The fraction of sp³-hybridized carbons (Fsp3) is 0.919. The molecule has 4 heterocycles. The van der Waals surface area contributed by atoms with E-state index in [1.807, 2.05) is 0 Å². The van der Waals surface area contributed by atoms with Crippen molar-refractivity contribution in [2.24, 2.45) is 0 Å². The zero-order chi connectivity index (χ0) is 51.1. The molecule has 2 amide bonds. The van der Waals surface area contributed by atoms with Crippen LogP contribution in [0, 0.1) is 0 Å². The predicted molar refractivity (Wildman–Crippen MR) is 209 cm³/mol. The first-order chi connectivity index (χ1) is 31.9. The molecule has 4 aliphatic heterocycles. The molecule has 0 aromatic rings. The molecule has 0 bridgehead atoms. The van der Waals surface area contributed by atoms with Crippen LogP contribution in [-0.4, -0.2) is 302 Å². The summed E-state index contributed by atoms with van der Waals surface area (Å²) in [6.45, 7) is -4.94. The molecular formula is C37H64N2O29. The number of carbonyl (C=O) groups is 3. The first kappa shape index (κ1) is 58.0. The lowest BCUT2D eigenvalue weighted by atomic mass is 9.88. The Kier molecular flexibility index (Phi) is 21.5. The van der Waals surface area contributed by atoms with Gasteiger partial charge in [-0.3, -0.25) is 9.59 Å². The number of hydrogen-bond donors (Lipinski definition) is 20. The molecule has 20 N–H and O–H groups in total. The molecule has 68 heavy (non-hydrogen) atoms. The minimum absolute atomic E-state index is 0.870. The van der Waals surface area contributed by atoms with E-state index >= 15 is 0 Å². The van der Waals surface area contributed by atoms with Gasteiger partial charge in [0.2, 0.25) is 11.8 Å². The van der Waals surface area contributed by atoms with Crippen molar-refractivity contribution in [1.82, 2.24) is 10.6 Å². The van der Waals surface area contributed by atoms with E-state index in [1.54, 1.807) is 0 Å². The van der Waals surface area contributed by atoms with Crippen molar-refractivity contribution in [2.45, 2.75) is 173 Å². The number of ether oxygens (including phenoxy) is 8. The number of carboxylic acids is 1. The van der Waals surface area contributed by atoms with Crippen LogP contribution in [0.5, 0.6) is 0 Å². The van der Waals surface area contributed by atoms with Gasteiger partial charge in [-0.15, -0.1) is 0 Å². The van der Waals surface area contributed by atoms with Crippen molar-refractivity contribution in [3.63, 3.8) is 0 Å². The summed E-state index contributed by atoms with van der Waals surface area (Å²) in [6, 6.07) is -3.63. The number of hydrogen-bond acceptors (Lipinski definition) is 28. The normalized spacial score (nSPS) is 41.7. The molecule has 0 aromatic heterocycles. The van der Waals surface area contributed by atoms with Crippen LogP contribution in [-0.2, 0) is 52.3 Å². The topological polar surface area (TPSA) is 513 Å². The largest absolute Gasteiger partial charge is 0.477 e. The molecule has 4 rings (SSSR count). The summed E-state index contributed by atoms with van der Waals surface area (Å²) in [6.07, 6.45) is -47.9. The first-order valence-electron chi connectivity index (χ1n) is 21.2. The minimum atomic E-state index is -3.36. The van der Waals surface area contributed by atoms with Gasteiger partial charge in [-0.05, 0) is 0 Å². The molecule has 4 fully saturated rings. The average molecular weight is 1000 g/mol. The summed E-state index contributed by atoms with van der Waals surface area (Å²) in [4.78, 5) is 38.3. The van der Waals surface area contributed by atoms with Gasteiger partial charge in [0.15, 0.2) is 18.9 Å². The lowest BCUT2D eigenvalue weighted by Gasteiger charge is -2.52. The molecular weight excluding hydrogens is 936 g/mol. The summed E-state index contributed by atoms with van der Waals surface area (Å²) in [5.41, 5.74) is 0. The highest BCUT2D eigenvalue weighted by Gasteiger charge is 2.61. The maximum Gasteiger partial charge on any atom is 0.364 e. The zero-order valence-electron chi connectivity index (χ0n) is 36.3. The summed E-state index contributed by atoms with van der Waals surface area (Å²) >= 11 is 0. The van der Waals surface area contributed by atoms with Crippen LogP contribution in [0.1, 0.15) is 20.3 Å². The number of amides is 2. The van der Waals surface area contributed by atoms with Gasteiger partial charge in [-0.1, -0.05) is 0 Å². The van der Waals surface area contributed by atoms with Gasteiger partial charge >= 0.3 is 5.97 Å². The third-order valence-electron chi connectivity index (χ3n) is 11.7. The molecule has 0 radical (unpaired) electrons. The number of carbonyl (C=O) groups excluding carboxylic acids is 2. The second-order valence-electron chi connectivity index (χ2n) is 16.6. The molecule has 31 nitrogen and oxygen atoms in total. The van der Waals surface area contributed by atoms with Crippen molar-refractivity contribution < 1.29 is 144 Å². The Morgan fingerprint density at radius 1 is 0.603 bits per heavy atom. The van der Waals surface area contributed by atoms with Gasteiger partial charge in [0.25, 0.3) is 5.79 Å². The molecule has 0 saturated carbocycles. The Hall–Kier alpha value is -2.59. The maximum atomic E-state index is 13.4. The number of aliphatic carboxylic acids is 1. The first-order valence-corrected chi connectivity index (χ1v) is 21.2. The fourth-order valence-corrected chi connectivity index (χ4v) is 8.13. The van der Waals surface area contributed by atoms with Crippen LogP contribution in [0.15, 0.2) is 0 Å². The van der Waals surface area contributed by atoms with Crippen LogP contribution >= 0.6 is 0 Å². The lowest BCUT2D eigenvalue weighted by molar-refractivity contribution is -0.398. The van der Waals surface area contributed by atoms with Gasteiger partial charge in [-0.25, -0.2) is 4.79 Å². The smallest absolute Gasteiger partial charge is 0.364 e. The Bertz CT molecular complexity index is 1610. The van der Waals surface area contributed by atoms with Crippen molar-refractivity contribution in [2.75, 3.05) is 39.6 Å². The van der Waals surface area contributed by atoms with Crippen molar-refractivity contribution in [1.29, 1.82) is 0 Å². The molecule has 0 spiro atoms. The third-order valence-corrected chi connectivity index (χ3v) is 11.7. The van der Waals surface area contributed by atoms with E-state index in [4.69, 9.17) is 37.9 Å². The number of carboxylic acid groups (broad SMARTS) is 1. The summed E-state index contributed by atoms with van der Waals surface area (Å²) in [5.74, 6) is -7.32. The number of rotatable bonds is 22. The number of aliphatic hydroxyl groups excluding tert-OH is 17. The van der Waals surface area contributed by atoms with Gasteiger partial charge in [0.1, 0.15) is 116 Å². The molecule has 396 valence electrons.